The zero-order valence-corrected chi connectivity index (χ0v) is 18.6. The minimum atomic E-state index is -0.428. The Bertz CT molecular complexity index is 1050. The lowest BCUT2D eigenvalue weighted by molar-refractivity contribution is -0.117. The van der Waals surface area contributed by atoms with Crippen molar-refractivity contribution in [1.29, 1.82) is 0 Å². The molecule has 0 unspecified atom stereocenters. The first-order chi connectivity index (χ1) is 14.1. The van der Waals surface area contributed by atoms with E-state index in [0.717, 1.165) is 34.0 Å². The van der Waals surface area contributed by atoms with Crippen LogP contribution in [0.2, 0.25) is 0 Å². The Hall–Kier alpha value is -2.93. The van der Waals surface area contributed by atoms with Crippen molar-refractivity contribution in [3.63, 3.8) is 0 Å². The van der Waals surface area contributed by atoms with Gasteiger partial charge >= 0.3 is 0 Å². The number of benzene rings is 2. The summed E-state index contributed by atoms with van der Waals surface area (Å²) in [7, 11) is 0. The van der Waals surface area contributed by atoms with E-state index in [9.17, 15) is 9.59 Å². The predicted molar refractivity (Wildman–Crippen MR) is 118 cm³/mol. The molecule has 0 fully saturated rings. The van der Waals surface area contributed by atoms with Gasteiger partial charge in [0.15, 0.2) is 0 Å². The molecule has 0 spiro atoms. The molecule has 7 heteroatoms. The van der Waals surface area contributed by atoms with E-state index in [1.807, 2.05) is 38.1 Å². The number of hydrogen-bond acceptors (Lipinski definition) is 6. The van der Waals surface area contributed by atoms with Gasteiger partial charge in [0, 0.05) is 11.1 Å². The molecular formula is C23H25N3O3S. The average molecular weight is 424 g/mol. The molecule has 0 aliphatic heterocycles. The summed E-state index contributed by atoms with van der Waals surface area (Å²) in [4.78, 5) is 24.4. The van der Waals surface area contributed by atoms with Crippen LogP contribution in [0.5, 0.6) is 0 Å². The molecule has 1 N–H and O–H groups in total. The number of rotatable bonds is 5. The van der Waals surface area contributed by atoms with Gasteiger partial charge in [-0.3, -0.25) is 14.9 Å². The molecular weight excluding hydrogens is 398 g/mol. The number of carbonyl (C=O) groups is 2. The molecule has 156 valence electrons. The highest BCUT2D eigenvalue weighted by atomic mass is 32.2. The Morgan fingerprint density at radius 3 is 2.23 bits per heavy atom. The average Bonchev–Trinajstić information content (AvgIpc) is 3.14. The highest BCUT2D eigenvalue weighted by Crippen LogP contribution is 2.25. The van der Waals surface area contributed by atoms with E-state index in [4.69, 9.17) is 4.42 Å². The normalized spacial score (nSPS) is 11.4. The number of aromatic nitrogens is 2. The number of imide groups is 1. The molecule has 2 aromatic carbocycles. The van der Waals surface area contributed by atoms with E-state index in [-0.39, 0.29) is 16.4 Å². The molecule has 6 nitrogen and oxygen atoms in total. The van der Waals surface area contributed by atoms with Crippen LogP contribution in [-0.2, 0) is 10.2 Å². The number of amides is 2. The van der Waals surface area contributed by atoms with Gasteiger partial charge in [-0.1, -0.05) is 61.9 Å². The Balaban J connectivity index is 1.56. The van der Waals surface area contributed by atoms with Gasteiger partial charge in [0.1, 0.15) is 0 Å². The first kappa shape index (κ1) is 21.8. The van der Waals surface area contributed by atoms with Crippen LogP contribution >= 0.6 is 11.8 Å². The van der Waals surface area contributed by atoms with Crippen LogP contribution < -0.4 is 5.32 Å². The van der Waals surface area contributed by atoms with E-state index in [1.165, 1.54) is 0 Å². The lowest BCUT2D eigenvalue weighted by Crippen LogP contribution is -2.31. The maximum atomic E-state index is 12.3. The van der Waals surface area contributed by atoms with Crippen LogP contribution in [0.15, 0.2) is 52.1 Å². The summed E-state index contributed by atoms with van der Waals surface area (Å²) >= 11 is 1.09. The Kier molecular flexibility index (Phi) is 6.41. The van der Waals surface area contributed by atoms with Gasteiger partial charge in [0.25, 0.3) is 11.1 Å². The third kappa shape index (κ3) is 5.57. The highest BCUT2D eigenvalue weighted by molar-refractivity contribution is 7.99. The number of hydrogen-bond donors (Lipinski definition) is 1. The van der Waals surface area contributed by atoms with Gasteiger partial charge in [-0.2, -0.15) is 0 Å². The minimum absolute atomic E-state index is 0.000291. The van der Waals surface area contributed by atoms with Crippen molar-refractivity contribution in [2.45, 2.75) is 45.3 Å². The molecule has 3 rings (SSSR count). The zero-order valence-electron chi connectivity index (χ0n) is 17.8. The van der Waals surface area contributed by atoms with Crippen molar-refractivity contribution in [3.8, 4) is 11.5 Å². The lowest BCUT2D eigenvalue weighted by atomic mass is 9.87. The van der Waals surface area contributed by atoms with Gasteiger partial charge in [-0.05, 0) is 49.1 Å². The quantitative estimate of drug-likeness (QED) is 0.599. The number of nitrogens with zero attached hydrogens (tertiary/aromatic N) is 2. The Morgan fingerprint density at radius 1 is 1.00 bits per heavy atom. The fraction of sp³-hybridized carbons (Fsp3) is 0.304. The highest BCUT2D eigenvalue weighted by Gasteiger charge is 2.16. The van der Waals surface area contributed by atoms with Crippen LogP contribution in [-0.4, -0.2) is 27.8 Å². The van der Waals surface area contributed by atoms with Crippen LogP contribution in [0.1, 0.15) is 47.8 Å². The molecule has 0 bridgehead atoms. The fourth-order valence-corrected chi connectivity index (χ4v) is 3.53. The molecule has 0 saturated heterocycles. The standard InChI is InChI=1S/C23H25N3O3S/c1-14-10-15(2)12-17(11-14)21-25-26-22(29-21)30-13-19(27)24-20(28)16-6-8-18(9-7-16)23(3,4)5/h6-12H,13H2,1-5H3,(H,24,27,28). The second kappa shape index (κ2) is 8.83. The van der Waals surface area contributed by atoms with Gasteiger partial charge in [0.05, 0.1) is 5.75 Å². The summed E-state index contributed by atoms with van der Waals surface area (Å²) in [6.45, 7) is 10.3. The molecule has 1 aromatic heterocycles. The van der Waals surface area contributed by atoms with E-state index < -0.39 is 11.8 Å². The molecule has 0 aliphatic carbocycles. The summed E-state index contributed by atoms with van der Waals surface area (Å²) in [5.74, 6) is -0.446. The topological polar surface area (TPSA) is 85.1 Å². The van der Waals surface area contributed by atoms with Gasteiger partial charge in [-0.15, -0.1) is 10.2 Å². The van der Waals surface area contributed by atoms with Crippen molar-refractivity contribution < 1.29 is 14.0 Å². The third-order valence-electron chi connectivity index (χ3n) is 4.47. The molecule has 0 radical (unpaired) electrons. The van der Waals surface area contributed by atoms with Gasteiger partial charge < -0.3 is 4.42 Å². The predicted octanol–water partition coefficient (Wildman–Crippen LogP) is 4.70. The maximum absolute atomic E-state index is 12.3. The van der Waals surface area contributed by atoms with Gasteiger partial charge in [0.2, 0.25) is 11.8 Å². The molecule has 0 atom stereocenters. The third-order valence-corrected chi connectivity index (χ3v) is 5.29. The van der Waals surface area contributed by atoms with Crippen molar-refractivity contribution in [1.82, 2.24) is 15.5 Å². The lowest BCUT2D eigenvalue weighted by Gasteiger charge is -2.18. The smallest absolute Gasteiger partial charge is 0.277 e. The van der Waals surface area contributed by atoms with Gasteiger partial charge in [-0.25, -0.2) is 0 Å². The van der Waals surface area contributed by atoms with E-state index in [0.29, 0.717) is 11.5 Å². The Labute approximate surface area is 180 Å². The van der Waals surface area contributed by atoms with E-state index in [2.05, 4.69) is 42.4 Å². The van der Waals surface area contributed by atoms with Crippen molar-refractivity contribution in [2.75, 3.05) is 5.75 Å². The number of aryl methyl sites for hydroxylation is 2. The molecule has 2 amide bonds. The summed E-state index contributed by atoms with van der Waals surface area (Å²) in [5, 5.41) is 10.7. The number of carbonyl (C=O) groups excluding carboxylic acids is 2. The minimum Gasteiger partial charge on any atom is -0.411 e. The van der Waals surface area contributed by atoms with Crippen LogP contribution in [0.3, 0.4) is 0 Å². The van der Waals surface area contributed by atoms with Crippen molar-refractivity contribution >= 4 is 23.6 Å². The first-order valence-electron chi connectivity index (χ1n) is 9.61. The zero-order chi connectivity index (χ0) is 21.9. The van der Waals surface area contributed by atoms with Crippen molar-refractivity contribution in [2.24, 2.45) is 0 Å². The largest absolute Gasteiger partial charge is 0.411 e. The first-order valence-corrected chi connectivity index (χ1v) is 10.6. The summed E-state index contributed by atoms with van der Waals surface area (Å²) in [5.41, 5.74) is 4.61. The number of thioether (sulfide) groups is 1. The van der Waals surface area contributed by atoms with Crippen LogP contribution in [0.4, 0.5) is 0 Å². The fourth-order valence-electron chi connectivity index (χ4n) is 2.97. The SMILES string of the molecule is Cc1cc(C)cc(-c2nnc(SCC(=O)NC(=O)c3ccc(C(C)(C)C)cc3)o2)c1. The van der Waals surface area contributed by atoms with Crippen molar-refractivity contribution in [3.05, 3.63) is 64.7 Å². The van der Waals surface area contributed by atoms with E-state index in [1.54, 1.807) is 12.1 Å². The molecule has 30 heavy (non-hydrogen) atoms. The molecule has 0 saturated carbocycles. The summed E-state index contributed by atoms with van der Waals surface area (Å²) in [6, 6.07) is 13.3. The Morgan fingerprint density at radius 2 is 1.63 bits per heavy atom. The second-order valence-electron chi connectivity index (χ2n) is 8.24. The molecule has 0 aliphatic rings. The molecule has 3 aromatic rings. The second-order valence-corrected chi connectivity index (χ2v) is 9.17. The van der Waals surface area contributed by atoms with Crippen LogP contribution in [0.25, 0.3) is 11.5 Å². The summed E-state index contributed by atoms with van der Waals surface area (Å²) in [6.07, 6.45) is 0. The molecule has 1 heterocycles. The van der Waals surface area contributed by atoms with Crippen LogP contribution in [0, 0.1) is 13.8 Å². The van der Waals surface area contributed by atoms with E-state index >= 15 is 0 Å². The maximum Gasteiger partial charge on any atom is 0.277 e. The number of nitrogens with one attached hydrogen (secondary N) is 1. The summed E-state index contributed by atoms with van der Waals surface area (Å²) < 4.78 is 5.64. The monoisotopic (exact) mass is 423 g/mol.